The molecule has 0 fully saturated rings. The van der Waals surface area contributed by atoms with Crippen molar-refractivity contribution < 1.29 is 18.3 Å². The Hall–Kier alpha value is -1.23. The molecule has 0 radical (unpaired) electrons. The second kappa shape index (κ2) is 4.10. The standard InChI is InChI=1S/C10H12F3NO/c1-6(14)2-7-3-8(10(11,12)13)5-9(15)4-7/h3-6,15H,2,14H2,1H3. The molecule has 1 aromatic carbocycles. The topological polar surface area (TPSA) is 46.2 Å². The summed E-state index contributed by atoms with van der Waals surface area (Å²) in [6, 6.07) is 2.75. The molecule has 0 heterocycles. The van der Waals surface area contributed by atoms with Crippen LogP contribution < -0.4 is 5.73 Å². The normalized spacial score (nSPS) is 13.9. The van der Waals surface area contributed by atoms with Crippen LogP contribution in [0.5, 0.6) is 5.75 Å². The molecule has 0 aliphatic carbocycles. The molecule has 5 heteroatoms. The fourth-order valence-corrected chi connectivity index (χ4v) is 1.33. The van der Waals surface area contributed by atoms with E-state index in [4.69, 9.17) is 10.8 Å². The predicted molar refractivity (Wildman–Crippen MR) is 50.5 cm³/mol. The molecule has 0 amide bonds. The molecule has 0 bridgehead atoms. The zero-order valence-corrected chi connectivity index (χ0v) is 8.17. The molecule has 84 valence electrons. The van der Waals surface area contributed by atoms with Gasteiger partial charge in [0.25, 0.3) is 0 Å². The van der Waals surface area contributed by atoms with Crippen molar-refractivity contribution >= 4 is 0 Å². The zero-order chi connectivity index (χ0) is 11.6. The van der Waals surface area contributed by atoms with Gasteiger partial charge in [-0.25, -0.2) is 0 Å². The molecule has 0 aromatic heterocycles. The molecule has 0 spiro atoms. The summed E-state index contributed by atoms with van der Waals surface area (Å²) in [5.41, 5.74) is 5.01. The summed E-state index contributed by atoms with van der Waals surface area (Å²) in [7, 11) is 0. The number of alkyl halides is 3. The highest BCUT2D eigenvalue weighted by atomic mass is 19.4. The van der Waals surface area contributed by atoms with Crippen LogP contribution >= 0.6 is 0 Å². The minimum Gasteiger partial charge on any atom is -0.508 e. The van der Waals surface area contributed by atoms with Crippen LogP contribution in [0.25, 0.3) is 0 Å². The second-order valence-electron chi connectivity index (χ2n) is 3.57. The number of benzene rings is 1. The molecule has 0 saturated carbocycles. The molecule has 0 aliphatic rings. The van der Waals surface area contributed by atoms with Gasteiger partial charge in [0.2, 0.25) is 0 Å². The maximum atomic E-state index is 12.3. The van der Waals surface area contributed by atoms with Gasteiger partial charge in [-0.2, -0.15) is 13.2 Å². The Kier molecular flexibility index (Phi) is 3.24. The lowest BCUT2D eigenvalue weighted by Gasteiger charge is -2.11. The van der Waals surface area contributed by atoms with Gasteiger partial charge in [-0.15, -0.1) is 0 Å². The number of hydrogen-bond acceptors (Lipinski definition) is 2. The lowest BCUT2D eigenvalue weighted by molar-refractivity contribution is -0.137. The van der Waals surface area contributed by atoms with E-state index in [0.717, 1.165) is 6.07 Å². The first-order chi connectivity index (χ1) is 6.79. The third-order valence-corrected chi connectivity index (χ3v) is 1.86. The fourth-order valence-electron chi connectivity index (χ4n) is 1.33. The van der Waals surface area contributed by atoms with Crippen LogP contribution in [0.15, 0.2) is 18.2 Å². The highest BCUT2D eigenvalue weighted by Crippen LogP contribution is 2.32. The zero-order valence-electron chi connectivity index (χ0n) is 8.17. The summed E-state index contributed by atoms with van der Waals surface area (Å²) in [6.07, 6.45) is -4.14. The highest BCUT2D eigenvalue weighted by molar-refractivity contribution is 5.35. The summed E-state index contributed by atoms with van der Waals surface area (Å²) < 4.78 is 37.0. The average Bonchev–Trinajstić information content (AvgIpc) is 1.99. The third-order valence-electron chi connectivity index (χ3n) is 1.86. The van der Waals surface area contributed by atoms with Gasteiger partial charge >= 0.3 is 6.18 Å². The van der Waals surface area contributed by atoms with Gasteiger partial charge in [0, 0.05) is 6.04 Å². The number of phenolic OH excluding ortho intramolecular Hbond substituents is 1. The van der Waals surface area contributed by atoms with Gasteiger partial charge in [0.15, 0.2) is 0 Å². The van der Waals surface area contributed by atoms with E-state index in [1.807, 2.05) is 0 Å². The van der Waals surface area contributed by atoms with Crippen molar-refractivity contribution in [3.05, 3.63) is 29.3 Å². The summed E-state index contributed by atoms with van der Waals surface area (Å²) >= 11 is 0. The van der Waals surface area contributed by atoms with Crippen molar-refractivity contribution in [2.24, 2.45) is 5.73 Å². The van der Waals surface area contributed by atoms with Crippen LogP contribution in [0.1, 0.15) is 18.1 Å². The maximum Gasteiger partial charge on any atom is 0.416 e. The predicted octanol–water partition coefficient (Wildman–Crippen LogP) is 2.30. The van der Waals surface area contributed by atoms with Crippen molar-refractivity contribution in [3.8, 4) is 5.75 Å². The monoisotopic (exact) mass is 219 g/mol. The van der Waals surface area contributed by atoms with E-state index in [1.165, 1.54) is 6.07 Å². The van der Waals surface area contributed by atoms with Crippen molar-refractivity contribution in [2.45, 2.75) is 25.6 Å². The Bertz CT molecular complexity index is 347. The van der Waals surface area contributed by atoms with Crippen molar-refractivity contribution in [1.29, 1.82) is 0 Å². The molecule has 2 nitrogen and oxygen atoms in total. The van der Waals surface area contributed by atoms with Crippen LogP contribution in [-0.2, 0) is 12.6 Å². The van der Waals surface area contributed by atoms with Crippen molar-refractivity contribution in [1.82, 2.24) is 0 Å². The Labute approximate surface area is 85.5 Å². The average molecular weight is 219 g/mol. The van der Waals surface area contributed by atoms with Gasteiger partial charge < -0.3 is 10.8 Å². The minimum atomic E-state index is -4.44. The Morgan fingerprint density at radius 3 is 2.40 bits per heavy atom. The van der Waals surface area contributed by atoms with Crippen LogP contribution in [0.3, 0.4) is 0 Å². The van der Waals surface area contributed by atoms with Crippen molar-refractivity contribution in [3.63, 3.8) is 0 Å². The van der Waals surface area contributed by atoms with Gasteiger partial charge in [-0.1, -0.05) is 0 Å². The SMILES string of the molecule is CC(N)Cc1cc(O)cc(C(F)(F)F)c1. The lowest BCUT2D eigenvalue weighted by atomic mass is 10.0. The number of phenols is 1. The molecule has 3 N–H and O–H groups in total. The summed E-state index contributed by atoms with van der Waals surface area (Å²) in [5, 5.41) is 9.13. The van der Waals surface area contributed by atoms with E-state index in [-0.39, 0.29) is 11.8 Å². The molecule has 15 heavy (non-hydrogen) atoms. The maximum absolute atomic E-state index is 12.3. The van der Waals surface area contributed by atoms with E-state index in [2.05, 4.69) is 0 Å². The fraction of sp³-hybridized carbons (Fsp3) is 0.400. The van der Waals surface area contributed by atoms with E-state index in [1.54, 1.807) is 6.92 Å². The first-order valence-electron chi connectivity index (χ1n) is 4.45. The summed E-state index contributed by atoms with van der Waals surface area (Å²) in [4.78, 5) is 0. The molecule has 1 atom stereocenters. The Morgan fingerprint density at radius 2 is 1.93 bits per heavy atom. The van der Waals surface area contributed by atoms with Crippen LogP contribution in [0, 0.1) is 0 Å². The first-order valence-corrected chi connectivity index (χ1v) is 4.45. The number of nitrogens with two attached hydrogens (primary N) is 1. The van der Waals surface area contributed by atoms with E-state index in [0.29, 0.717) is 18.1 Å². The first kappa shape index (κ1) is 11.8. The number of aromatic hydroxyl groups is 1. The lowest BCUT2D eigenvalue weighted by Crippen LogP contribution is -2.18. The Morgan fingerprint density at radius 1 is 1.33 bits per heavy atom. The Balaban J connectivity index is 3.06. The van der Waals surface area contributed by atoms with Gasteiger partial charge in [-0.3, -0.25) is 0 Å². The number of hydrogen-bond donors (Lipinski definition) is 2. The molecule has 0 saturated heterocycles. The molecule has 0 aliphatic heterocycles. The molecule has 1 aromatic rings. The van der Waals surface area contributed by atoms with E-state index >= 15 is 0 Å². The van der Waals surface area contributed by atoms with Crippen LogP contribution in [-0.4, -0.2) is 11.1 Å². The summed E-state index contributed by atoms with van der Waals surface area (Å²) in [6.45, 7) is 1.69. The van der Waals surface area contributed by atoms with Gasteiger partial charge in [0.1, 0.15) is 5.75 Å². The quantitative estimate of drug-likeness (QED) is 0.801. The molecule has 1 rings (SSSR count). The third kappa shape index (κ3) is 3.43. The van der Waals surface area contributed by atoms with E-state index < -0.39 is 11.7 Å². The van der Waals surface area contributed by atoms with E-state index in [9.17, 15) is 13.2 Å². The highest BCUT2D eigenvalue weighted by Gasteiger charge is 2.31. The largest absolute Gasteiger partial charge is 0.508 e. The molecular formula is C10H12F3NO. The van der Waals surface area contributed by atoms with Gasteiger partial charge in [-0.05, 0) is 37.1 Å². The second-order valence-corrected chi connectivity index (χ2v) is 3.57. The van der Waals surface area contributed by atoms with Crippen molar-refractivity contribution in [2.75, 3.05) is 0 Å². The van der Waals surface area contributed by atoms with Crippen LogP contribution in [0.4, 0.5) is 13.2 Å². The number of halogens is 3. The smallest absolute Gasteiger partial charge is 0.416 e. The molecule has 1 unspecified atom stereocenters. The summed E-state index contributed by atoms with van der Waals surface area (Å²) in [5.74, 6) is -0.388. The van der Waals surface area contributed by atoms with Gasteiger partial charge in [0.05, 0.1) is 5.56 Å². The number of rotatable bonds is 2. The molecular weight excluding hydrogens is 207 g/mol. The minimum absolute atomic E-state index is 0.243. The van der Waals surface area contributed by atoms with Crippen LogP contribution in [0.2, 0.25) is 0 Å².